The highest BCUT2D eigenvalue weighted by molar-refractivity contribution is 5.71. The molecule has 0 amide bonds. The molecule has 0 spiro atoms. The summed E-state index contributed by atoms with van der Waals surface area (Å²) in [5.74, 6) is -2.35. The van der Waals surface area contributed by atoms with E-state index in [9.17, 15) is 14.4 Å². The van der Waals surface area contributed by atoms with Crippen LogP contribution >= 0.6 is 0 Å². The first-order chi connectivity index (χ1) is 15.4. The Morgan fingerprint density at radius 3 is 2.33 bits per heavy atom. The summed E-state index contributed by atoms with van der Waals surface area (Å²) in [6.07, 6.45) is 1.09. The van der Waals surface area contributed by atoms with Crippen molar-refractivity contribution in [2.24, 2.45) is 0 Å². The molecule has 0 radical (unpaired) electrons. The predicted molar refractivity (Wildman–Crippen MR) is 113 cm³/mol. The first-order valence-corrected chi connectivity index (χ1v) is 11.3. The minimum atomic E-state index is -0.965. The lowest BCUT2D eigenvalue weighted by Gasteiger charge is -2.28. The van der Waals surface area contributed by atoms with Gasteiger partial charge in [-0.2, -0.15) is 0 Å². The van der Waals surface area contributed by atoms with E-state index in [2.05, 4.69) is 0 Å². The van der Waals surface area contributed by atoms with Gasteiger partial charge in [0.2, 0.25) is 0 Å². The lowest BCUT2D eigenvalue weighted by molar-refractivity contribution is -0.248. The molecule has 0 unspecified atom stereocenters. The van der Waals surface area contributed by atoms with Gasteiger partial charge >= 0.3 is 17.9 Å². The molecule has 5 atom stereocenters. The molecule has 2 fully saturated rings. The van der Waals surface area contributed by atoms with Crippen LogP contribution in [0.25, 0.3) is 0 Å². The Hall–Kier alpha value is -2.01. The third-order valence-electron chi connectivity index (χ3n) is 5.09. The van der Waals surface area contributed by atoms with E-state index >= 15 is 0 Å². The molecular formula is C23H34O10. The Morgan fingerprint density at radius 2 is 1.67 bits per heavy atom. The number of ether oxygens (including phenoxy) is 7. The van der Waals surface area contributed by atoms with Gasteiger partial charge in [-0.15, -0.1) is 0 Å². The Morgan fingerprint density at radius 1 is 1.03 bits per heavy atom. The fraction of sp³-hybridized carbons (Fsp3) is 0.783. The zero-order valence-corrected chi connectivity index (χ0v) is 19.9. The average molecular weight is 471 g/mol. The zero-order valence-electron chi connectivity index (χ0n) is 19.9. The number of rotatable bonds is 4. The number of carbonyl (C=O) groups excluding carboxylic acids is 3. The van der Waals surface area contributed by atoms with Crippen LogP contribution in [0.3, 0.4) is 0 Å². The molecule has 3 rings (SSSR count). The maximum Gasteiger partial charge on any atom is 0.332 e. The second kappa shape index (κ2) is 10.5. The summed E-state index contributed by atoms with van der Waals surface area (Å²) >= 11 is 0. The van der Waals surface area contributed by atoms with Gasteiger partial charge in [-0.3, -0.25) is 9.59 Å². The molecule has 10 heteroatoms. The van der Waals surface area contributed by atoms with E-state index in [1.807, 2.05) is 12.2 Å². The monoisotopic (exact) mass is 470 g/mol. The molecule has 0 aliphatic carbocycles. The van der Waals surface area contributed by atoms with Crippen molar-refractivity contribution in [1.82, 2.24) is 0 Å². The van der Waals surface area contributed by atoms with Gasteiger partial charge in [0.25, 0.3) is 0 Å². The Balaban J connectivity index is 1.72. The molecule has 3 aliphatic rings. The number of carbonyl (C=O) groups is 3. The summed E-state index contributed by atoms with van der Waals surface area (Å²) in [4.78, 5) is 36.5. The van der Waals surface area contributed by atoms with Crippen LogP contribution in [-0.4, -0.2) is 73.2 Å². The first kappa shape index (κ1) is 25.6. The average Bonchev–Trinajstić information content (AvgIpc) is 3.17. The molecule has 0 N–H and O–H groups in total. The van der Waals surface area contributed by atoms with Crippen molar-refractivity contribution in [3.63, 3.8) is 0 Å². The SMILES string of the molecule is CC(C)(C)OC(=O)CO[C@H]1O[C@H]([C@@H]2COC(=O)CCC=CCCC(=O)O2)[C@@H]2OC(C)(C)O[C@H]12. The molecule has 0 saturated carbocycles. The Kier molecular flexibility index (Phi) is 8.15. The summed E-state index contributed by atoms with van der Waals surface area (Å²) in [6, 6.07) is 0. The highest BCUT2D eigenvalue weighted by Gasteiger charge is 2.58. The van der Waals surface area contributed by atoms with Crippen molar-refractivity contribution in [2.75, 3.05) is 13.2 Å². The predicted octanol–water partition coefficient (Wildman–Crippen LogP) is 2.17. The normalized spacial score (nSPS) is 32.8. The van der Waals surface area contributed by atoms with E-state index in [1.165, 1.54) is 0 Å². The van der Waals surface area contributed by atoms with Crippen molar-refractivity contribution in [3.8, 4) is 0 Å². The largest absolute Gasteiger partial charge is 0.462 e. The lowest BCUT2D eigenvalue weighted by atomic mass is 10.1. The molecule has 0 aromatic carbocycles. The van der Waals surface area contributed by atoms with Crippen LogP contribution in [0.15, 0.2) is 12.2 Å². The summed E-state index contributed by atoms with van der Waals surface area (Å²) < 4.78 is 39.8. The number of cyclic esters (lactones) is 2. The van der Waals surface area contributed by atoms with Gasteiger partial charge in [0.1, 0.15) is 37.1 Å². The number of esters is 3. The number of allylic oxidation sites excluding steroid dienone is 2. The van der Waals surface area contributed by atoms with E-state index in [-0.39, 0.29) is 26.1 Å². The maximum atomic E-state index is 12.4. The molecule has 33 heavy (non-hydrogen) atoms. The summed E-state index contributed by atoms with van der Waals surface area (Å²) in [6.45, 7) is 8.22. The number of fused-ring (bicyclic) bond motifs is 1. The summed E-state index contributed by atoms with van der Waals surface area (Å²) in [5.41, 5.74) is -0.655. The quantitative estimate of drug-likeness (QED) is 0.344. The standard InChI is InChI=1S/C23H34O10/c1-22(2,3)31-17(26)13-28-21-20-19(32-23(4,5)33-20)18(30-21)14-12-27-15(24)10-8-6-7-9-11-16(25)29-14/h6-7,14,18-21H,8-13H2,1-5H3/t14-,18+,19-,20-,21-/m0/s1. The Labute approximate surface area is 193 Å². The van der Waals surface area contributed by atoms with Gasteiger partial charge in [-0.1, -0.05) is 12.2 Å². The van der Waals surface area contributed by atoms with Crippen LogP contribution in [-0.2, 0) is 47.5 Å². The van der Waals surface area contributed by atoms with Gasteiger partial charge in [-0.05, 0) is 47.5 Å². The van der Waals surface area contributed by atoms with E-state index in [0.717, 1.165) is 0 Å². The van der Waals surface area contributed by atoms with Gasteiger partial charge < -0.3 is 33.2 Å². The van der Waals surface area contributed by atoms with E-state index in [0.29, 0.717) is 12.8 Å². The zero-order chi connectivity index (χ0) is 24.2. The van der Waals surface area contributed by atoms with Gasteiger partial charge in [-0.25, -0.2) is 4.79 Å². The fourth-order valence-corrected chi connectivity index (χ4v) is 3.85. The molecule has 0 bridgehead atoms. The van der Waals surface area contributed by atoms with E-state index in [1.54, 1.807) is 34.6 Å². The number of hydrogen-bond donors (Lipinski definition) is 0. The van der Waals surface area contributed by atoms with Gasteiger partial charge in [0.05, 0.1) is 0 Å². The van der Waals surface area contributed by atoms with E-state index < -0.39 is 60.0 Å². The lowest BCUT2D eigenvalue weighted by Crippen LogP contribution is -2.44. The van der Waals surface area contributed by atoms with Gasteiger partial charge in [0, 0.05) is 12.8 Å². The second-order valence-corrected chi connectivity index (χ2v) is 9.69. The Bertz CT molecular complexity index is 753. The topological polar surface area (TPSA) is 116 Å². The highest BCUT2D eigenvalue weighted by Crippen LogP contribution is 2.40. The minimum Gasteiger partial charge on any atom is -0.462 e. The van der Waals surface area contributed by atoms with Crippen LogP contribution < -0.4 is 0 Å². The van der Waals surface area contributed by atoms with Crippen molar-refractivity contribution in [2.45, 2.75) is 102 Å². The number of hydrogen-bond acceptors (Lipinski definition) is 10. The van der Waals surface area contributed by atoms with Crippen molar-refractivity contribution in [1.29, 1.82) is 0 Å². The summed E-state index contributed by atoms with van der Waals surface area (Å²) in [7, 11) is 0. The first-order valence-electron chi connectivity index (χ1n) is 11.3. The fourth-order valence-electron chi connectivity index (χ4n) is 3.85. The van der Waals surface area contributed by atoms with Crippen LogP contribution in [0.4, 0.5) is 0 Å². The van der Waals surface area contributed by atoms with Crippen LogP contribution in [0.2, 0.25) is 0 Å². The van der Waals surface area contributed by atoms with Crippen LogP contribution in [0, 0.1) is 0 Å². The molecule has 10 nitrogen and oxygen atoms in total. The van der Waals surface area contributed by atoms with E-state index in [4.69, 9.17) is 33.2 Å². The van der Waals surface area contributed by atoms with Crippen molar-refractivity contribution in [3.05, 3.63) is 12.2 Å². The molecule has 0 aromatic rings. The smallest absolute Gasteiger partial charge is 0.332 e. The minimum absolute atomic E-state index is 0.184. The summed E-state index contributed by atoms with van der Waals surface area (Å²) in [5, 5.41) is 0. The molecular weight excluding hydrogens is 436 g/mol. The molecule has 0 aromatic heterocycles. The third-order valence-corrected chi connectivity index (χ3v) is 5.09. The van der Waals surface area contributed by atoms with Crippen molar-refractivity contribution < 1.29 is 47.5 Å². The van der Waals surface area contributed by atoms with Crippen LogP contribution in [0.5, 0.6) is 0 Å². The highest BCUT2D eigenvalue weighted by atomic mass is 16.8. The van der Waals surface area contributed by atoms with Gasteiger partial charge in [0.15, 0.2) is 18.2 Å². The van der Waals surface area contributed by atoms with Crippen molar-refractivity contribution >= 4 is 17.9 Å². The maximum absolute atomic E-state index is 12.4. The van der Waals surface area contributed by atoms with Crippen LogP contribution in [0.1, 0.15) is 60.3 Å². The second-order valence-electron chi connectivity index (χ2n) is 9.69. The molecule has 3 heterocycles. The molecule has 3 aliphatic heterocycles. The molecule has 2 saturated heterocycles. The third kappa shape index (κ3) is 7.49. The molecule has 186 valence electrons.